The molecule has 1 aliphatic heterocycles. The lowest BCUT2D eigenvalue weighted by atomic mass is 10.2. The number of nitrogens with one attached hydrogen (secondary N) is 1. The first kappa shape index (κ1) is 26.7. The maximum Gasteiger partial charge on any atom is 0.160 e. The second kappa shape index (κ2) is 14.6. The summed E-state index contributed by atoms with van der Waals surface area (Å²) in [5, 5.41) is 4.70. The Balaban J connectivity index is 2.72. The van der Waals surface area contributed by atoms with Crippen molar-refractivity contribution in [2.75, 3.05) is 26.3 Å². The third-order valence-electron chi connectivity index (χ3n) is 4.89. The molecule has 1 saturated heterocycles. The van der Waals surface area contributed by atoms with Crippen LogP contribution < -0.4 is 5.32 Å². The number of nitrogens with zero attached hydrogens (tertiary/aromatic N) is 4. The molecule has 30 heavy (non-hydrogen) atoms. The van der Waals surface area contributed by atoms with Crippen LogP contribution in [0.2, 0.25) is 0 Å². The Morgan fingerprint density at radius 3 is 2.50 bits per heavy atom. The molecule has 4 unspecified atom stereocenters. The summed E-state index contributed by atoms with van der Waals surface area (Å²) >= 11 is 1.80. The Labute approximate surface area is 188 Å². The third-order valence-corrected chi connectivity index (χ3v) is 5.96. The van der Waals surface area contributed by atoms with E-state index in [1.54, 1.807) is 11.8 Å². The minimum atomic E-state index is 0.0764. The van der Waals surface area contributed by atoms with Crippen LogP contribution in [0.4, 0.5) is 0 Å². The van der Waals surface area contributed by atoms with Gasteiger partial charge in [-0.2, -0.15) is 0 Å². The Kier molecular flexibility index (Phi) is 13.0. The third kappa shape index (κ3) is 11.2. The van der Waals surface area contributed by atoms with Crippen molar-refractivity contribution < 1.29 is 4.74 Å². The first-order chi connectivity index (χ1) is 14.2. The first-order valence-corrected chi connectivity index (χ1v) is 12.1. The van der Waals surface area contributed by atoms with Crippen LogP contribution in [-0.2, 0) is 4.74 Å². The molecule has 1 aliphatic rings. The van der Waals surface area contributed by atoms with Gasteiger partial charge in [0.1, 0.15) is 6.17 Å². The van der Waals surface area contributed by atoms with Crippen molar-refractivity contribution >= 4 is 28.9 Å². The molecule has 172 valence electrons. The predicted molar refractivity (Wildman–Crippen MR) is 134 cm³/mol. The number of aliphatic imine (C=N–C) groups is 3. The number of rotatable bonds is 9. The summed E-state index contributed by atoms with van der Waals surface area (Å²) in [6.07, 6.45) is 6.27. The fourth-order valence-electron chi connectivity index (χ4n) is 2.77. The van der Waals surface area contributed by atoms with Gasteiger partial charge in [0.15, 0.2) is 5.17 Å². The smallest absolute Gasteiger partial charge is 0.160 e. The van der Waals surface area contributed by atoms with Gasteiger partial charge in [0, 0.05) is 42.9 Å². The van der Waals surface area contributed by atoms with E-state index in [-0.39, 0.29) is 17.5 Å². The average Bonchev–Trinajstić information content (AvgIpc) is 2.98. The first-order valence-electron chi connectivity index (χ1n) is 11.3. The van der Waals surface area contributed by atoms with Crippen LogP contribution in [0.25, 0.3) is 0 Å². The van der Waals surface area contributed by atoms with Crippen LogP contribution in [0.5, 0.6) is 0 Å². The van der Waals surface area contributed by atoms with E-state index in [0.717, 1.165) is 50.0 Å². The molecule has 0 bridgehead atoms. The molecule has 0 aromatic rings. The highest BCUT2D eigenvalue weighted by atomic mass is 32.2. The van der Waals surface area contributed by atoms with Gasteiger partial charge in [0.25, 0.3) is 0 Å². The molecule has 1 N–H and O–H groups in total. The zero-order valence-corrected chi connectivity index (χ0v) is 21.1. The summed E-state index contributed by atoms with van der Waals surface area (Å²) in [5.41, 5.74) is 2.27. The summed E-state index contributed by atoms with van der Waals surface area (Å²) in [4.78, 5) is 16.6. The Morgan fingerprint density at radius 1 is 1.10 bits per heavy atom. The molecule has 0 radical (unpaired) electrons. The highest BCUT2D eigenvalue weighted by molar-refractivity contribution is 8.14. The van der Waals surface area contributed by atoms with E-state index in [1.807, 2.05) is 20.0 Å². The maximum absolute atomic E-state index is 5.62. The van der Waals surface area contributed by atoms with Crippen LogP contribution >= 0.6 is 11.8 Å². The summed E-state index contributed by atoms with van der Waals surface area (Å²) in [7, 11) is 0. The lowest BCUT2D eigenvalue weighted by Crippen LogP contribution is -2.33. The molecule has 1 fully saturated rings. The monoisotopic (exact) mass is 437 g/mol. The zero-order valence-electron chi connectivity index (χ0n) is 20.3. The maximum atomic E-state index is 5.62. The number of ether oxygens (including phenoxy) is 1. The van der Waals surface area contributed by atoms with Crippen molar-refractivity contribution in [1.29, 1.82) is 0 Å². The van der Waals surface area contributed by atoms with Gasteiger partial charge >= 0.3 is 0 Å². The van der Waals surface area contributed by atoms with Crippen LogP contribution in [0.1, 0.15) is 68.2 Å². The second-order valence-electron chi connectivity index (χ2n) is 8.23. The molecule has 0 amide bonds. The summed E-state index contributed by atoms with van der Waals surface area (Å²) in [6, 6.07) is 0.452. The minimum Gasteiger partial charge on any atom is -0.380 e. The summed E-state index contributed by atoms with van der Waals surface area (Å²) in [5.74, 6) is 0. The van der Waals surface area contributed by atoms with Gasteiger partial charge in [-0.1, -0.05) is 18.7 Å². The average molecular weight is 438 g/mol. The highest BCUT2D eigenvalue weighted by Crippen LogP contribution is 2.19. The molecular formula is C23H43N5OS. The van der Waals surface area contributed by atoms with E-state index in [0.29, 0.717) is 6.04 Å². The lowest BCUT2D eigenvalue weighted by molar-refractivity contribution is 0.147. The molecule has 1 heterocycles. The van der Waals surface area contributed by atoms with Gasteiger partial charge in [0.2, 0.25) is 0 Å². The predicted octanol–water partition coefficient (Wildman–Crippen LogP) is 4.76. The number of hydrogen-bond acceptors (Lipinski definition) is 6. The topological polar surface area (TPSA) is 61.6 Å². The molecule has 0 aromatic carbocycles. The normalized spacial score (nSPS) is 20.5. The Morgan fingerprint density at radius 2 is 1.83 bits per heavy atom. The summed E-state index contributed by atoms with van der Waals surface area (Å²) < 4.78 is 5.62. The van der Waals surface area contributed by atoms with Gasteiger partial charge in [-0.15, -0.1) is 0 Å². The van der Waals surface area contributed by atoms with Crippen molar-refractivity contribution in [3.05, 3.63) is 11.8 Å². The Hall–Kier alpha value is -1.34. The highest BCUT2D eigenvalue weighted by Gasteiger charge is 2.18. The van der Waals surface area contributed by atoms with Crippen molar-refractivity contribution in [2.24, 2.45) is 15.0 Å². The summed E-state index contributed by atoms with van der Waals surface area (Å²) in [6.45, 7) is 20.4. The van der Waals surface area contributed by atoms with E-state index in [4.69, 9.17) is 14.7 Å². The number of thioether (sulfide) groups is 1. The molecular weight excluding hydrogens is 394 g/mol. The second-order valence-corrected chi connectivity index (χ2v) is 9.57. The van der Waals surface area contributed by atoms with E-state index in [2.05, 4.69) is 63.0 Å². The SMILES string of the molecule is CCC(C)N=C(SC(C)C=NC(C)/C(C)=C\NC(C)N=C(C)C)N1CCCOCC1. The van der Waals surface area contributed by atoms with Gasteiger partial charge in [-0.05, 0) is 73.1 Å². The number of amidine groups is 1. The largest absolute Gasteiger partial charge is 0.380 e. The van der Waals surface area contributed by atoms with E-state index in [1.165, 1.54) is 5.57 Å². The van der Waals surface area contributed by atoms with Crippen molar-refractivity contribution in [3.8, 4) is 0 Å². The van der Waals surface area contributed by atoms with Crippen molar-refractivity contribution in [3.63, 3.8) is 0 Å². The standard InChI is InChI=1S/C23H43N5OS/c1-9-19(5)27-23(28-11-10-13-29-14-12-28)30-20(6)16-24-21(7)18(4)15-25-22(8)26-17(2)3/h15-16,19-22,25H,9-14H2,1-8H3/b18-15-,24-16?,27-23?. The van der Waals surface area contributed by atoms with Gasteiger partial charge in [-0.25, -0.2) is 0 Å². The molecule has 7 heteroatoms. The molecule has 1 rings (SSSR count). The fourth-order valence-corrected chi connectivity index (χ4v) is 3.80. The number of hydrogen-bond donors (Lipinski definition) is 1. The van der Waals surface area contributed by atoms with E-state index in [9.17, 15) is 0 Å². The van der Waals surface area contributed by atoms with Gasteiger partial charge in [0.05, 0.1) is 12.6 Å². The van der Waals surface area contributed by atoms with Crippen molar-refractivity contribution in [2.45, 2.75) is 91.7 Å². The molecule has 4 atom stereocenters. The minimum absolute atomic E-state index is 0.0764. The van der Waals surface area contributed by atoms with Crippen LogP contribution in [-0.4, -0.2) is 71.8 Å². The molecule has 6 nitrogen and oxygen atoms in total. The quantitative estimate of drug-likeness (QED) is 0.417. The van der Waals surface area contributed by atoms with E-state index < -0.39 is 0 Å². The molecule has 0 saturated carbocycles. The van der Waals surface area contributed by atoms with Crippen LogP contribution in [0, 0.1) is 0 Å². The van der Waals surface area contributed by atoms with Crippen LogP contribution in [0.3, 0.4) is 0 Å². The Bertz CT molecular complexity index is 605. The zero-order chi connectivity index (χ0) is 22.5. The van der Waals surface area contributed by atoms with Gasteiger partial charge < -0.3 is 15.0 Å². The van der Waals surface area contributed by atoms with Crippen molar-refractivity contribution in [1.82, 2.24) is 10.2 Å². The van der Waals surface area contributed by atoms with Gasteiger partial charge in [-0.3, -0.25) is 15.0 Å². The fraction of sp³-hybridized carbons (Fsp3) is 0.783. The molecule has 0 spiro atoms. The molecule has 0 aromatic heterocycles. The molecule has 0 aliphatic carbocycles. The van der Waals surface area contributed by atoms with E-state index >= 15 is 0 Å². The lowest BCUT2D eigenvalue weighted by Gasteiger charge is -2.25. The van der Waals surface area contributed by atoms with Crippen LogP contribution in [0.15, 0.2) is 26.8 Å².